The maximum Gasteiger partial charge on any atom is 0.255 e. The van der Waals surface area contributed by atoms with Crippen LogP contribution in [0.15, 0.2) is 18.3 Å². The van der Waals surface area contributed by atoms with Crippen molar-refractivity contribution in [1.29, 1.82) is 0 Å². The van der Waals surface area contributed by atoms with E-state index in [0.717, 1.165) is 25.3 Å². The van der Waals surface area contributed by atoms with Crippen LogP contribution in [0, 0.1) is 5.92 Å². The second kappa shape index (κ2) is 9.34. The van der Waals surface area contributed by atoms with Crippen LogP contribution in [-0.2, 0) is 4.74 Å². The highest BCUT2D eigenvalue weighted by atomic mass is 16.5. The minimum atomic E-state index is 0.00953. The average molecular weight is 293 g/mol. The Bertz CT molecular complexity index is 418. The molecule has 0 atom stereocenters. The largest absolute Gasteiger partial charge is 0.383 e. The van der Waals surface area contributed by atoms with Crippen molar-refractivity contribution < 1.29 is 9.53 Å². The van der Waals surface area contributed by atoms with Crippen molar-refractivity contribution in [2.45, 2.75) is 27.2 Å². The molecule has 0 aliphatic heterocycles. The monoisotopic (exact) mass is 293 g/mol. The molecule has 0 saturated heterocycles. The summed E-state index contributed by atoms with van der Waals surface area (Å²) in [5.41, 5.74) is 0.619. The van der Waals surface area contributed by atoms with Gasteiger partial charge in [0.25, 0.3) is 5.91 Å². The van der Waals surface area contributed by atoms with Gasteiger partial charge in [0.2, 0.25) is 0 Å². The van der Waals surface area contributed by atoms with Gasteiger partial charge in [0.15, 0.2) is 0 Å². The van der Waals surface area contributed by atoms with E-state index in [0.29, 0.717) is 24.6 Å². The van der Waals surface area contributed by atoms with E-state index in [9.17, 15) is 4.79 Å². The Labute approximate surface area is 127 Å². The van der Waals surface area contributed by atoms with Crippen LogP contribution in [0.5, 0.6) is 0 Å². The summed E-state index contributed by atoms with van der Waals surface area (Å²) in [5.74, 6) is 1.24. The second-order valence-corrected chi connectivity index (χ2v) is 5.50. The number of ether oxygens (including phenoxy) is 1. The number of hydrogen-bond donors (Lipinski definition) is 1. The first kappa shape index (κ1) is 17.4. The predicted octanol–water partition coefficient (Wildman–Crippen LogP) is 2.65. The van der Waals surface area contributed by atoms with Crippen LogP contribution in [0.2, 0.25) is 0 Å². The lowest BCUT2D eigenvalue weighted by Gasteiger charge is -2.24. The molecule has 0 unspecified atom stereocenters. The zero-order valence-corrected chi connectivity index (χ0v) is 13.6. The Morgan fingerprint density at radius 3 is 2.71 bits per heavy atom. The van der Waals surface area contributed by atoms with E-state index in [2.05, 4.69) is 31.1 Å². The molecule has 21 heavy (non-hydrogen) atoms. The highest BCUT2D eigenvalue weighted by Crippen LogP contribution is 2.10. The van der Waals surface area contributed by atoms with E-state index in [1.165, 1.54) is 0 Å². The van der Waals surface area contributed by atoms with Crippen molar-refractivity contribution in [3.63, 3.8) is 0 Å². The summed E-state index contributed by atoms with van der Waals surface area (Å²) in [5, 5.41) is 3.20. The Morgan fingerprint density at radius 2 is 2.19 bits per heavy atom. The van der Waals surface area contributed by atoms with Crippen LogP contribution < -0.4 is 5.32 Å². The van der Waals surface area contributed by atoms with Gasteiger partial charge in [0, 0.05) is 32.9 Å². The Morgan fingerprint density at radius 1 is 1.43 bits per heavy atom. The molecule has 1 N–H and O–H groups in total. The first-order valence-corrected chi connectivity index (χ1v) is 7.56. The fraction of sp³-hybridized carbons (Fsp3) is 0.625. The molecule has 0 saturated carbocycles. The molecule has 1 aromatic heterocycles. The number of amides is 1. The second-order valence-electron chi connectivity index (χ2n) is 5.50. The fourth-order valence-electron chi connectivity index (χ4n) is 1.98. The number of anilines is 1. The molecule has 118 valence electrons. The number of carbonyl (C=O) groups excluding carboxylic acids is 1. The van der Waals surface area contributed by atoms with E-state index in [-0.39, 0.29) is 5.91 Å². The molecule has 0 aliphatic carbocycles. The molecule has 0 radical (unpaired) electrons. The van der Waals surface area contributed by atoms with Crippen molar-refractivity contribution in [1.82, 2.24) is 9.88 Å². The molecule has 5 nitrogen and oxygen atoms in total. The molecule has 1 rings (SSSR count). The fourth-order valence-corrected chi connectivity index (χ4v) is 1.98. The van der Waals surface area contributed by atoms with Gasteiger partial charge >= 0.3 is 0 Å². The molecule has 0 bridgehead atoms. The number of pyridine rings is 1. The normalized spacial score (nSPS) is 10.7. The van der Waals surface area contributed by atoms with Gasteiger partial charge in [-0.25, -0.2) is 4.98 Å². The third kappa shape index (κ3) is 6.12. The quantitative estimate of drug-likeness (QED) is 0.760. The summed E-state index contributed by atoms with van der Waals surface area (Å²) in [6.07, 6.45) is 2.68. The summed E-state index contributed by atoms with van der Waals surface area (Å²) in [7, 11) is 1.65. The van der Waals surface area contributed by atoms with E-state index in [1.54, 1.807) is 13.3 Å². The van der Waals surface area contributed by atoms with E-state index in [1.807, 2.05) is 17.0 Å². The van der Waals surface area contributed by atoms with Gasteiger partial charge in [0.1, 0.15) is 5.82 Å². The number of rotatable bonds is 9. The van der Waals surface area contributed by atoms with E-state index in [4.69, 9.17) is 4.74 Å². The van der Waals surface area contributed by atoms with Gasteiger partial charge in [0.05, 0.1) is 12.2 Å². The van der Waals surface area contributed by atoms with Crippen LogP contribution in [0.25, 0.3) is 0 Å². The molecule has 0 aliphatic rings. The van der Waals surface area contributed by atoms with Crippen LogP contribution >= 0.6 is 0 Å². The molecule has 0 spiro atoms. The van der Waals surface area contributed by atoms with Gasteiger partial charge < -0.3 is 15.0 Å². The minimum Gasteiger partial charge on any atom is -0.383 e. The number of nitrogens with one attached hydrogen (secondary N) is 1. The smallest absolute Gasteiger partial charge is 0.255 e. The molecule has 5 heteroatoms. The summed E-state index contributed by atoms with van der Waals surface area (Å²) >= 11 is 0. The summed E-state index contributed by atoms with van der Waals surface area (Å²) < 4.78 is 5.08. The molecule has 1 aromatic rings. The lowest BCUT2D eigenvalue weighted by Crippen LogP contribution is -2.36. The van der Waals surface area contributed by atoms with Crippen molar-refractivity contribution >= 4 is 11.7 Å². The number of nitrogens with zero attached hydrogens (tertiary/aromatic N) is 2. The van der Waals surface area contributed by atoms with Gasteiger partial charge in [-0.3, -0.25) is 4.79 Å². The number of carbonyl (C=O) groups is 1. The van der Waals surface area contributed by atoms with Crippen LogP contribution in [0.4, 0.5) is 5.82 Å². The standard InChI is InChI=1S/C16H27N3O2/c1-5-8-17-15-7-6-14(11-18-15)16(20)19(9-10-21-4)12-13(2)3/h6-7,11,13H,5,8-10,12H2,1-4H3,(H,17,18). The number of hydrogen-bond acceptors (Lipinski definition) is 4. The average Bonchev–Trinajstić information content (AvgIpc) is 2.49. The molecule has 0 fully saturated rings. The van der Waals surface area contributed by atoms with Crippen molar-refractivity contribution in [3.05, 3.63) is 23.9 Å². The molecule has 1 amide bonds. The predicted molar refractivity (Wildman–Crippen MR) is 85.6 cm³/mol. The van der Waals surface area contributed by atoms with Crippen LogP contribution in [0.1, 0.15) is 37.6 Å². The van der Waals surface area contributed by atoms with Crippen molar-refractivity contribution in [3.8, 4) is 0 Å². The van der Waals surface area contributed by atoms with Crippen LogP contribution in [-0.4, -0.2) is 49.1 Å². The third-order valence-corrected chi connectivity index (χ3v) is 3.00. The topological polar surface area (TPSA) is 54.5 Å². The van der Waals surface area contributed by atoms with Gasteiger partial charge in [-0.05, 0) is 24.5 Å². The molecular formula is C16H27N3O2. The highest BCUT2D eigenvalue weighted by molar-refractivity contribution is 5.94. The third-order valence-electron chi connectivity index (χ3n) is 3.00. The van der Waals surface area contributed by atoms with Crippen LogP contribution in [0.3, 0.4) is 0 Å². The molecule has 0 aromatic carbocycles. The number of aromatic nitrogens is 1. The zero-order chi connectivity index (χ0) is 15.7. The van der Waals surface area contributed by atoms with Crippen molar-refractivity contribution in [2.24, 2.45) is 5.92 Å². The van der Waals surface area contributed by atoms with Gasteiger partial charge in [-0.15, -0.1) is 0 Å². The highest BCUT2D eigenvalue weighted by Gasteiger charge is 2.17. The van der Waals surface area contributed by atoms with Gasteiger partial charge in [-0.1, -0.05) is 20.8 Å². The van der Waals surface area contributed by atoms with Crippen molar-refractivity contribution in [2.75, 3.05) is 38.7 Å². The first-order valence-electron chi connectivity index (χ1n) is 7.56. The Hall–Kier alpha value is -1.62. The maximum absolute atomic E-state index is 12.5. The summed E-state index contributed by atoms with van der Waals surface area (Å²) in [4.78, 5) is 18.6. The summed E-state index contributed by atoms with van der Waals surface area (Å²) in [6, 6.07) is 3.68. The van der Waals surface area contributed by atoms with Gasteiger partial charge in [-0.2, -0.15) is 0 Å². The van der Waals surface area contributed by atoms with E-state index < -0.39 is 0 Å². The molecular weight excluding hydrogens is 266 g/mol. The number of methoxy groups -OCH3 is 1. The lowest BCUT2D eigenvalue weighted by molar-refractivity contribution is 0.0672. The first-order chi connectivity index (χ1) is 10.1. The van der Waals surface area contributed by atoms with E-state index >= 15 is 0 Å². The lowest BCUT2D eigenvalue weighted by atomic mass is 10.1. The SMILES string of the molecule is CCCNc1ccc(C(=O)N(CCOC)CC(C)C)cn1. The zero-order valence-electron chi connectivity index (χ0n) is 13.6. The molecule has 1 heterocycles. The summed E-state index contributed by atoms with van der Waals surface area (Å²) in [6.45, 7) is 9.05. The maximum atomic E-state index is 12.5. The Balaban J connectivity index is 2.72. The Kier molecular flexibility index (Phi) is 7.75. The minimum absolute atomic E-state index is 0.00953.